The van der Waals surface area contributed by atoms with E-state index in [2.05, 4.69) is 49.0 Å². The Morgan fingerprint density at radius 2 is 2.24 bits per heavy atom. The van der Waals surface area contributed by atoms with Crippen molar-refractivity contribution in [3.63, 3.8) is 0 Å². The Morgan fingerprint density at radius 3 is 2.95 bits per heavy atom. The summed E-state index contributed by atoms with van der Waals surface area (Å²) in [5.41, 5.74) is 1.26. The lowest BCUT2D eigenvalue weighted by Gasteiger charge is -2.27. The quantitative estimate of drug-likeness (QED) is 0.798. The van der Waals surface area contributed by atoms with Crippen LogP contribution in [-0.2, 0) is 13.1 Å². The number of hydrogen-bond donors (Lipinski definition) is 1. The molecule has 1 aromatic heterocycles. The summed E-state index contributed by atoms with van der Waals surface area (Å²) in [5, 5.41) is 3.33. The van der Waals surface area contributed by atoms with Crippen molar-refractivity contribution >= 4 is 0 Å². The lowest BCUT2D eigenvalue weighted by atomic mass is 10.2. The van der Waals surface area contributed by atoms with Crippen LogP contribution in [0, 0.1) is 6.92 Å². The number of nitrogens with one attached hydrogen (secondary N) is 1. The second-order valence-electron chi connectivity index (χ2n) is 6.22. The molecule has 0 aliphatic carbocycles. The predicted octanol–water partition coefficient (Wildman–Crippen LogP) is 2.61. The molecule has 1 aliphatic rings. The third-order valence-corrected chi connectivity index (χ3v) is 4.46. The smallest absolute Gasteiger partial charge is 0.120 e. The number of nitrogens with zero attached hydrogens (tertiary/aromatic N) is 2. The maximum Gasteiger partial charge on any atom is 0.120 e. The number of furan rings is 1. The highest BCUT2D eigenvalue weighted by atomic mass is 16.3. The average Bonchev–Trinajstić information content (AvgIpc) is 3.03. The van der Waals surface area contributed by atoms with Gasteiger partial charge in [0.2, 0.25) is 0 Å². The highest BCUT2D eigenvalue weighted by Crippen LogP contribution is 2.19. The second kappa shape index (κ2) is 7.97. The van der Waals surface area contributed by atoms with E-state index >= 15 is 0 Å². The van der Waals surface area contributed by atoms with Gasteiger partial charge in [0.05, 0.1) is 13.1 Å². The zero-order valence-corrected chi connectivity index (χ0v) is 14.1. The van der Waals surface area contributed by atoms with Crippen molar-refractivity contribution in [1.82, 2.24) is 15.1 Å². The van der Waals surface area contributed by atoms with Gasteiger partial charge in [-0.3, -0.25) is 9.80 Å². The third kappa shape index (κ3) is 4.56. The maximum absolute atomic E-state index is 5.99. The average molecular weight is 293 g/mol. The molecular formula is C17H31N3O. The van der Waals surface area contributed by atoms with E-state index in [0.29, 0.717) is 0 Å². The largest absolute Gasteiger partial charge is 0.463 e. The van der Waals surface area contributed by atoms with Gasteiger partial charge in [0.15, 0.2) is 0 Å². The Morgan fingerprint density at radius 1 is 1.43 bits per heavy atom. The first-order valence-corrected chi connectivity index (χ1v) is 8.35. The third-order valence-electron chi connectivity index (χ3n) is 4.46. The molecule has 4 nitrogen and oxygen atoms in total. The van der Waals surface area contributed by atoms with E-state index in [4.69, 9.17) is 4.42 Å². The summed E-state index contributed by atoms with van der Waals surface area (Å²) in [7, 11) is 2.20. The van der Waals surface area contributed by atoms with Crippen LogP contribution in [0.2, 0.25) is 0 Å². The van der Waals surface area contributed by atoms with Crippen molar-refractivity contribution in [2.24, 2.45) is 0 Å². The topological polar surface area (TPSA) is 31.7 Å². The first-order valence-electron chi connectivity index (χ1n) is 8.35. The van der Waals surface area contributed by atoms with Crippen LogP contribution >= 0.6 is 0 Å². The lowest BCUT2D eigenvalue weighted by Crippen LogP contribution is -2.38. The van der Waals surface area contributed by atoms with Crippen LogP contribution in [-0.4, -0.2) is 49.1 Å². The van der Waals surface area contributed by atoms with Crippen LogP contribution in [0.4, 0.5) is 0 Å². The van der Waals surface area contributed by atoms with Crippen LogP contribution in [0.1, 0.15) is 43.8 Å². The molecule has 1 fully saturated rings. The fourth-order valence-corrected chi connectivity index (χ4v) is 3.29. The highest BCUT2D eigenvalue weighted by Gasteiger charge is 2.24. The maximum atomic E-state index is 5.99. The standard InChI is InChI=1S/C17H31N3O/c1-5-18-11-17-14(3)10-16(21-17)13-19(4)12-15-8-7-9-20(15)6-2/h10,15,18H,5-9,11-13H2,1-4H3. The summed E-state index contributed by atoms with van der Waals surface area (Å²) in [4.78, 5) is 4.99. The minimum atomic E-state index is 0.720. The van der Waals surface area contributed by atoms with Crippen LogP contribution in [0.25, 0.3) is 0 Å². The van der Waals surface area contributed by atoms with Gasteiger partial charge in [0.25, 0.3) is 0 Å². The molecule has 0 amide bonds. The SMILES string of the molecule is CCNCc1oc(CN(C)CC2CCCN2CC)cc1C. The van der Waals surface area contributed by atoms with Gasteiger partial charge < -0.3 is 9.73 Å². The molecule has 120 valence electrons. The molecule has 0 aromatic carbocycles. The van der Waals surface area contributed by atoms with Crippen molar-refractivity contribution in [2.75, 3.05) is 33.2 Å². The number of aryl methyl sites for hydroxylation is 1. The van der Waals surface area contributed by atoms with E-state index in [1.54, 1.807) is 0 Å². The van der Waals surface area contributed by atoms with Gasteiger partial charge in [0.1, 0.15) is 11.5 Å². The second-order valence-corrected chi connectivity index (χ2v) is 6.22. The summed E-state index contributed by atoms with van der Waals surface area (Å²) < 4.78 is 5.99. The summed E-state index contributed by atoms with van der Waals surface area (Å²) in [5.74, 6) is 2.17. The van der Waals surface area contributed by atoms with E-state index < -0.39 is 0 Å². The Balaban J connectivity index is 1.86. The molecule has 1 unspecified atom stereocenters. The van der Waals surface area contributed by atoms with Crippen LogP contribution < -0.4 is 5.32 Å². The molecule has 4 heteroatoms. The normalized spacial score (nSPS) is 19.8. The Kier molecular flexibility index (Phi) is 6.27. The number of likely N-dealkylation sites (N-methyl/N-ethyl adjacent to an activating group) is 2. The molecule has 21 heavy (non-hydrogen) atoms. The summed E-state index contributed by atoms with van der Waals surface area (Å²) in [6.07, 6.45) is 2.68. The van der Waals surface area contributed by atoms with Crippen molar-refractivity contribution in [1.29, 1.82) is 0 Å². The fourth-order valence-electron chi connectivity index (χ4n) is 3.29. The molecule has 0 saturated carbocycles. The predicted molar refractivity (Wildman–Crippen MR) is 87.4 cm³/mol. The highest BCUT2D eigenvalue weighted by molar-refractivity contribution is 5.20. The Hall–Kier alpha value is -0.840. The monoisotopic (exact) mass is 293 g/mol. The molecule has 1 saturated heterocycles. The molecule has 0 spiro atoms. The minimum Gasteiger partial charge on any atom is -0.463 e. The van der Waals surface area contributed by atoms with Crippen LogP contribution in [0.15, 0.2) is 10.5 Å². The first kappa shape index (κ1) is 16.5. The molecule has 1 aliphatic heterocycles. The van der Waals surface area contributed by atoms with Crippen LogP contribution in [0.5, 0.6) is 0 Å². The van der Waals surface area contributed by atoms with Gasteiger partial charge in [0, 0.05) is 12.6 Å². The van der Waals surface area contributed by atoms with E-state index in [1.807, 2.05) is 0 Å². The van der Waals surface area contributed by atoms with Gasteiger partial charge in [-0.25, -0.2) is 0 Å². The molecule has 2 heterocycles. The zero-order chi connectivity index (χ0) is 15.2. The van der Waals surface area contributed by atoms with Crippen LogP contribution in [0.3, 0.4) is 0 Å². The summed E-state index contributed by atoms with van der Waals surface area (Å²) >= 11 is 0. The van der Waals surface area contributed by atoms with Crippen molar-refractivity contribution in [3.05, 3.63) is 23.2 Å². The van der Waals surface area contributed by atoms with Gasteiger partial charge >= 0.3 is 0 Å². The van der Waals surface area contributed by atoms with E-state index in [1.165, 1.54) is 31.5 Å². The van der Waals surface area contributed by atoms with Crippen molar-refractivity contribution in [2.45, 2.75) is 52.7 Å². The zero-order valence-electron chi connectivity index (χ0n) is 14.1. The first-order chi connectivity index (χ1) is 10.1. The lowest BCUT2D eigenvalue weighted by molar-refractivity contribution is 0.187. The fraction of sp³-hybridized carbons (Fsp3) is 0.765. The molecular weight excluding hydrogens is 262 g/mol. The molecule has 1 N–H and O–H groups in total. The number of likely N-dealkylation sites (tertiary alicyclic amines) is 1. The van der Waals surface area contributed by atoms with Gasteiger partial charge in [-0.05, 0) is 58.1 Å². The molecule has 1 aromatic rings. The molecule has 0 radical (unpaired) electrons. The van der Waals surface area contributed by atoms with Crippen molar-refractivity contribution in [3.8, 4) is 0 Å². The number of hydrogen-bond acceptors (Lipinski definition) is 4. The van der Waals surface area contributed by atoms with E-state index in [9.17, 15) is 0 Å². The molecule has 2 rings (SSSR count). The Labute approximate surface area is 129 Å². The molecule has 0 bridgehead atoms. The van der Waals surface area contributed by atoms with E-state index in [0.717, 1.165) is 43.7 Å². The van der Waals surface area contributed by atoms with Gasteiger partial charge in [-0.2, -0.15) is 0 Å². The van der Waals surface area contributed by atoms with E-state index in [-0.39, 0.29) is 0 Å². The van der Waals surface area contributed by atoms with Gasteiger partial charge in [-0.1, -0.05) is 13.8 Å². The molecule has 1 atom stereocenters. The van der Waals surface area contributed by atoms with Crippen molar-refractivity contribution < 1.29 is 4.42 Å². The Bertz CT molecular complexity index is 430. The minimum absolute atomic E-state index is 0.720. The number of rotatable bonds is 8. The van der Waals surface area contributed by atoms with Gasteiger partial charge in [-0.15, -0.1) is 0 Å². The summed E-state index contributed by atoms with van der Waals surface area (Å²) in [6.45, 7) is 12.8. The summed E-state index contributed by atoms with van der Waals surface area (Å²) in [6, 6.07) is 2.91.